The zero-order valence-electron chi connectivity index (χ0n) is 12.9. The average Bonchev–Trinajstić information content (AvgIpc) is 3.09. The second-order valence-corrected chi connectivity index (χ2v) is 7.73. The minimum absolute atomic E-state index is 0.557. The predicted molar refractivity (Wildman–Crippen MR) is 86.7 cm³/mol. The molecular formula is C17H24N2OS. The number of nitrogens with zero attached hydrogens (tertiary/aromatic N) is 2. The van der Waals surface area contributed by atoms with Crippen LogP contribution in [0.4, 0.5) is 0 Å². The summed E-state index contributed by atoms with van der Waals surface area (Å²) in [6.45, 7) is 3.96. The molecule has 0 aliphatic heterocycles. The average molecular weight is 304 g/mol. The molecule has 114 valence electrons. The molecule has 4 heteroatoms. The summed E-state index contributed by atoms with van der Waals surface area (Å²) >= 11 is 1.66. The molecule has 2 aromatic heterocycles. The van der Waals surface area contributed by atoms with E-state index in [9.17, 15) is 5.11 Å². The molecule has 0 spiro atoms. The molecule has 1 unspecified atom stereocenters. The molecule has 0 aromatic carbocycles. The van der Waals surface area contributed by atoms with Gasteiger partial charge in [-0.1, -0.05) is 19.3 Å². The van der Waals surface area contributed by atoms with Crippen LogP contribution in [0, 0.1) is 6.92 Å². The minimum Gasteiger partial charge on any atom is -0.384 e. The highest BCUT2D eigenvalue weighted by atomic mass is 32.1. The summed E-state index contributed by atoms with van der Waals surface area (Å²) in [7, 11) is 0. The minimum atomic E-state index is -0.829. The number of thiophene rings is 1. The van der Waals surface area contributed by atoms with Gasteiger partial charge in [0.05, 0.1) is 11.7 Å². The quantitative estimate of drug-likeness (QED) is 0.919. The molecule has 1 aliphatic rings. The van der Waals surface area contributed by atoms with Gasteiger partial charge in [0.15, 0.2) is 0 Å². The largest absolute Gasteiger partial charge is 0.384 e. The maximum Gasteiger partial charge on any atom is 0.102 e. The first-order valence-corrected chi connectivity index (χ1v) is 8.69. The monoisotopic (exact) mass is 304 g/mol. The van der Waals surface area contributed by atoms with E-state index in [4.69, 9.17) is 5.10 Å². The number of hydrogen-bond donors (Lipinski definition) is 1. The molecule has 2 aromatic rings. The summed E-state index contributed by atoms with van der Waals surface area (Å²) in [6.07, 6.45) is 9.12. The van der Waals surface area contributed by atoms with E-state index in [0.717, 1.165) is 10.6 Å². The van der Waals surface area contributed by atoms with Crippen LogP contribution in [0.3, 0.4) is 0 Å². The Labute approximate surface area is 130 Å². The molecule has 2 heterocycles. The summed E-state index contributed by atoms with van der Waals surface area (Å²) in [5, 5.41) is 15.4. The molecule has 3 rings (SSSR count). The van der Waals surface area contributed by atoms with Crippen molar-refractivity contribution in [3.63, 3.8) is 0 Å². The van der Waals surface area contributed by atoms with Crippen LogP contribution >= 0.6 is 11.3 Å². The Bertz CT molecular complexity index is 593. The number of aryl methyl sites for hydroxylation is 1. The molecule has 21 heavy (non-hydrogen) atoms. The standard InChI is InChI=1S/C17H24N2OS/c1-13-8-9-16(21-13)17(2,20)12-14-10-11-19(18-14)15-6-4-3-5-7-15/h8-11,15,20H,3-7,12H2,1-2H3. The van der Waals surface area contributed by atoms with Gasteiger partial charge in [-0.2, -0.15) is 5.10 Å². The van der Waals surface area contributed by atoms with Crippen LogP contribution in [-0.2, 0) is 12.0 Å². The van der Waals surface area contributed by atoms with Crippen molar-refractivity contribution < 1.29 is 5.11 Å². The van der Waals surface area contributed by atoms with Crippen molar-refractivity contribution in [2.45, 2.75) is 64.0 Å². The normalized spacial score (nSPS) is 19.6. The summed E-state index contributed by atoms with van der Waals surface area (Å²) in [6, 6.07) is 6.71. The van der Waals surface area contributed by atoms with Gasteiger partial charge in [0.1, 0.15) is 5.60 Å². The molecule has 1 fully saturated rings. The molecule has 0 amide bonds. The van der Waals surface area contributed by atoms with Gasteiger partial charge >= 0.3 is 0 Å². The lowest BCUT2D eigenvalue weighted by molar-refractivity contribution is 0.0602. The van der Waals surface area contributed by atoms with Gasteiger partial charge in [-0.15, -0.1) is 11.3 Å². The molecule has 3 nitrogen and oxygen atoms in total. The molecule has 1 atom stereocenters. The maximum absolute atomic E-state index is 10.7. The van der Waals surface area contributed by atoms with E-state index in [-0.39, 0.29) is 0 Å². The third-order valence-corrected chi connectivity index (χ3v) is 5.66. The van der Waals surface area contributed by atoms with Crippen molar-refractivity contribution in [1.29, 1.82) is 0 Å². The Morgan fingerprint density at radius 3 is 2.71 bits per heavy atom. The van der Waals surface area contributed by atoms with Crippen LogP contribution in [-0.4, -0.2) is 14.9 Å². The SMILES string of the molecule is Cc1ccc(C(C)(O)Cc2ccn(C3CCCCC3)n2)s1. The van der Waals surface area contributed by atoms with Crippen molar-refractivity contribution in [1.82, 2.24) is 9.78 Å². The summed E-state index contributed by atoms with van der Waals surface area (Å²) < 4.78 is 2.12. The van der Waals surface area contributed by atoms with Gasteiger partial charge in [-0.3, -0.25) is 4.68 Å². The van der Waals surface area contributed by atoms with E-state index < -0.39 is 5.60 Å². The Morgan fingerprint density at radius 1 is 1.29 bits per heavy atom. The highest BCUT2D eigenvalue weighted by Crippen LogP contribution is 2.31. The Balaban J connectivity index is 1.71. The van der Waals surface area contributed by atoms with Crippen LogP contribution in [0.5, 0.6) is 0 Å². The molecule has 0 saturated heterocycles. The molecule has 0 bridgehead atoms. The summed E-state index contributed by atoms with van der Waals surface area (Å²) in [5.41, 5.74) is 0.154. The third-order valence-electron chi connectivity index (χ3n) is 4.41. The number of rotatable bonds is 4. The lowest BCUT2D eigenvalue weighted by atomic mass is 9.96. The number of hydrogen-bond acceptors (Lipinski definition) is 3. The highest BCUT2D eigenvalue weighted by Gasteiger charge is 2.27. The van der Waals surface area contributed by atoms with Crippen molar-refractivity contribution in [3.8, 4) is 0 Å². The Kier molecular flexibility index (Phi) is 4.18. The topological polar surface area (TPSA) is 38.0 Å². The summed E-state index contributed by atoms with van der Waals surface area (Å²) in [5.74, 6) is 0. The van der Waals surface area contributed by atoms with E-state index in [1.807, 2.05) is 13.0 Å². The Morgan fingerprint density at radius 2 is 2.05 bits per heavy atom. The van der Waals surface area contributed by atoms with Gasteiger partial charge in [-0.25, -0.2) is 0 Å². The zero-order chi connectivity index (χ0) is 14.9. The van der Waals surface area contributed by atoms with Crippen molar-refractivity contribution in [3.05, 3.63) is 39.8 Å². The van der Waals surface area contributed by atoms with Crippen LogP contribution in [0.15, 0.2) is 24.4 Å². The second-order valence-electron chi connectivity index (χ2n) is 6.44. The van der Waals surface area contributed by atoms with Gasteiger partial charge in [-0.05, 0) is 44.9 Å². The fraction of sp³-hybridized carbons (Fsp3) is 0.588. The highest BCUT2D eigenvalue weighted by molar-refractivity contribution is 7.12. The van der Waals surface area contributed by atoms with E-state index in [1.54, 1.807) is 11.3 Å². The molecular weight excluding hydrogens is 280 g/mol. The van der Waals surface area contributed by atoms with Crippen molar-refractivity contribution in [2.24, 2.45) is 0 Å². The number of aromatic nitrogens is 2. The van der Waals surface area contributed by atoms with Crippen LogP contribution in [0.1, 0.15) is 60.5 Å². The predicted octanol–water partition coefficient (Wildman–Crippen LogP) is 4.21. The lowest BCUT2D eigenvalue weighted by Gasteiger charge is -2.22. The van der Waals surface area contributed by atoms with Crippen LogP contribution in [0.2, 0.25) is 0 Å². The number of aliphatic hydroxyl groups is 1. The summed E-state index contributed by atoms with van der Waals surface area (Å²) in [4.78, 5) is 2.25. The first-order chi connectivity index (χ1) is 10.0. The lowest BCUT2D eigenvalue weighted by Crippen LogP contribution is -2.23. The van der Waals surface area contributed by atoms with Crippen molar-refractivity contribution >= 4 is 11.3 Å². The van der Waals surface area contributed by atoms with E-state index in [0.29, 0.717) is 12.5 Å². The molecule has 1 aliphatic carbocycles. The second kappa shape index (κ2) is 5.93. The van der Waals surface area contributed by atoms with Crippen LogP contribution in [0.25, 0.3) is 0 Å². The van der Waals surface area contributed by atoms with Crippen molar-refractivity contribution in [2.75, 3.05) is 0 Å². The fourth-order valence-corrected chi connectivity index (χ4v) is 4.10. The molecule has 0 radical (unpaired) electrons. The van der Waals surface area contributed by atoms with Gasteiger partial charge in [0, 0.05) is 22.4 Å². The Hall–Kier alpha value is -1.13. The maximum atomic E-state index is 10.7. The van der Waals surface area contributed by atoms with Gasteiger partial charge in [0.2, 0.25) is 0 Å². The zero-order valence-corrected chi connectivity index (χ0v) is 13.7. The fourth-order valence-electron chi connectivity index (χ4n) is 3.18. The first-order valence-electron chi connectivity index (χ1n) is 7.88. The van der Waals surface area contributed by atoms with Gasteiger partial charge in [0.25, 0.3) is 0 Å². The van der Waals surface area contributed by atoms with E-state index >= 15 is 0 Å². The van der Waals surface area contributed by atoms with Gasteiger partial charge < -0.3 is 5.11 Å². The molecule has 1 saturated carbocycles. The van der Waals surface area contributed by atoms with E-state index in [1.165, 1.54) is 37.0 Å². The van der Waals surface area contributed by atoms with Crippen LogP contribution < -0.4 is 0 Å². The third kappa shape index (κ3) is 3.38. The smallest absolute Gasteiger partial charge is 0.102 e. The first kappa shape index (κ1) is 14.8. The molecule has 1 N–H and O–H groups in total. The van der Waals surface area contributed by atoms with E-state index in [2.05, 4.69) is 29.9 Å².